The SMILES string of the molecule is Cc1cccc2nc(Nc3ccccn3)nn12. The Balaban J connectivity index is 1.99. The lowest BCUT2D eigenvalue weighted by molar-refractivity contribution is 0.918. The molecule has 0 bridgehead atoms. The normalized spacial score (nSPS) is 10.6. The zero-order valence-electron chi connectivity index (χ0n) is 9.33. The lowest BCUT2D eigenvalue weighted by Crippen LogP contribution is -1.96. The van der Waals surface area contributed by atoms with E-state index in [2.05, 4.69) is 20.4 Å². The van der Waals surface area contributed by atoms with Crippen molar-refractivity contribution in [1.29, 1.82) is 0 Å². The first-order valence-corrected chi connectivity index (χ1v) is 5.33. The summed E-state index contributed by atoms with van der Waals surface area (Å²) < 4.78 is 1.80. The molecule has 0 radical (unpaired) electrons. The Morgan fingerprint density at radius 2 is 2.06 bits per heavy atom. The largest absolute Gasteiger partial charge is 0.307 e. The highest BCUT2D eigenvalue weighted by Crippen LogP contribution is 2.12. The Labute approximate surface area is 98.1 Å². The summed E-state index contributed by atoms with van der Waals surface area (Å²) in [6, 6.07) is 11.5. The first-order chi connectivity index (χ1) is 8.33. The number of fused-ring (bicyclic) bond motifs is 1. The summed E-state index contributed by atoms with van der Waals surface area (Å²) in [4.78, 5) is 8.54. The maximum atomic E-state index is 4.37. The number of pyridine rings is 2. The number of hydrogen-bond acceptors (Lipinski definition) is 4. The smallest absolute Gasteiger partial charge is 0.248 e. The monoisotopic (exact) mass is 225 g/mol. The Kier molecular flexibility index (Phi) is 2.22. The molecule has 3 aromatic rings. The van der Waals surface area contributed by atoms with Crippen LogP contribution in [0, 0.1) is 6.92 Å². The van der Waals surface area contributed by atoms with E-state index in [-0.39, 0.29) is 0 Å². The van der Waals surface area contributed by atoms with Gasteiger partial charge in [0.25, 0.3) is 0 Å². The molecule has 3 heterocycles. The molecule has 3 aromatic heterocycles. The number of nitrogens with one attached hydrogen (secondary N) is 1. The summed E-state index contributed by atoms with van der Waals surface area (Å²) in [5.41, 5.74) is 1.87. The molecule has 0 unspecified atom stereocenters. The van der Waals surface area contributed by atoms with Crippen molar-refractivity contribution >= 4 is 17.4 Å². The van der Waals surface area contributed by atoms with Gasteiger partial charge in [-0.3, -0.25) is 0 Å². The summed E-state index contributed by atoms with van der Waals surface area (Å²) in [5, 5.41) is 7.43. The topological polar surface area (TPSA) is 55.1 Å². The second kappa shape index (κ2) is 3.86. The third kappa shape index (κ3) is 1.82. The van der Waals surface area contributed by atoms with Crippen molar-refractivity contribution in [3.8, 4) is 0 Å². The molecule has 0 atom stereocenters. The van der Waals surface area contributed by atoms with Crippen LogP contribution in [0.1, 0.15) is 5.69 Å². The van der Waals surface area contributed by atoms with Crippen LogP contribution in [0.15, 0.2) is 42.6 Å². The Morgan fingerprint density at radius 1 is 1.12 bits per heavy atom. The minimum Gasteiger partial charge on any atom is -0.307 e. The number of aryl methyl sites for hydroxylation is 1. The fourth-order valence-electron chi connectivity index (χ4n) is 1.64. The Hall–Kier alpha value is -2.43. The second-order valence-corrected chi connectivity index (χ2v) is 3.71. The van der Waals surface area contributed by atoms with Gasteiger partial charge in [0.15, 0.2) is 5.65 Å². The molecule has 0 saturated carbocycles. The Morgan fingerprint density at radius 3 is 2.82 bits per heavy atom. The molecular formula is C12H11N5. The van der Waals surface area contributed by atoms with Gasteiger partial charge in [0.1, 0.15) is 5.82 Å². The van der Waals surface area contributed by atoms with Crippen molar-refractivity contribution in [3.05, 3.63) is 48.3 Å². The molecule has 1 N–H and O–H groups in total. The van der Waals surface area contributed by atoms with Crippen LogP contribution < -0.4 is 5.32 Å². The first-order valence-electron chi connectivity index (χ1n) is 5.33. The molecular weight excluding hydrogens is 214 g/mol. The summed E-state index contributed by atoms with van der Waals surface area (Å²) in [7, 11) is 0. The highest BCUT2D eigenvalue weighted by atomic mass is 15.4. The molecule has 17 heavy (non-hydrogen) atoms. The van der Waals surface area contributed by atoms with Crippen LogP contribution in [0.3, 0.4) is 0 Å². The molecule has 0 spiro atoms. The van der Waals surface area contributed by atoms with Crippen LogP contribution in [0.4, 0.5) is 11.8 Å². The lowest BCUT2D eigenvalue weighted by Gasteiger charge is -1.98. The van der Waals surface area contributed by atoms with Gasteiger partial charge in [-0.1, -0.05) is 12.1 Å². The van der Waals surface area contributed by atoms with Gasteiger partial charge >= 0.3 is 0 Å². The number of rotatable bonds is 2. The molecule has 0 aliphatic carbocycles. The average molecular weight is 225 g/mol. The number of anilines is 2. The fraction of sp³-hybridized carbons (Fsp3) is 0.0833. The minimum absolute atomic E-state index is 0.554. The molecule has 0 aromatic carbocycles. The van der Waals surface area contributed by atoms with Gasteiger partial charge in [-0.05, 0) is 31.2 Å². The van der Waals surface area contributed by atoms with Gasteiger partial charge in [0.2, 0.25) is 5.95 Å². The van der Waals surface area contributed by atoms with Crippen LogP contribution in [0.5, 0.6) is 0 Å². The molecule has 3 rings (SSSR count). The molecule has 5 heteroatoms. The van der Waals surface area contributed by atoms with Crippen molar-refractivity contribution < 1.29 is 0 Å². The van der Waals surface area contributed by atoms with E-state index in [1.807, 2.05) is 43.3 Å². The molecule has 84 valence electrons. The summed E-state index contributed by atoms with van der Waals surface area (Å²) >= 11 is 0. The van der Waals surface area contributed by atoms with E-state index < -0.39 is 0 Å². The molecule has 0 amide bonds. The minimum atomic E-state index is 0.554. The molecule has 5 nitrogen and oxygen atoms in total. The number of aromatic nitrogens is 4. The van der Waals surface area contributed by atoms with E-state index in [0.29, 0.717) is 5.95 Å². The predicted octanol–water partition coefficient (Wildman–Crippen LogP) is 2.18. The second-order valence-electron chi connectivity index (χ2n) is 3.71. The highest BCUT2D eigenvalue weighted by Gasteiger charge is 2.04. The van der Waals surface area contributed by atoms with Crippen molar-refractivity contribution in [3.63, 3.8) is 0 Å². The molecule has 0 aliphatic rings. The van der Waals surface area contributed by atoms with Crippen LogP contribution in [-0.2, 0) is 0 Å². The number of nitrogens with zero attached hydrogens (tertiary/aromatic N) is 4. The maximum Gasteiger partial charge on any atom is 0.248 e. The zero-order valence-corrected chi connectivity index (χ0v) is 9.33. The fourth-order valence-corrected chi connectivity index (χ4v) is 1.64. The summed E-state index contributed by atoms with van der Waals surface area (Å²) in [5.74, 6) is 1.29. The van der Waals surface area contributed by atoms with E-state index >= 15 is 0 Å². The zero-order chi connectivity index (χ0) is 11.7. The van der Waals surface area contributed by atoms with Crippen molar-refractivity contribution in [2.24, 2.45) is 0 Å². The van der Waals surface area contributed by atoms with E-state index in [1.54, 1.807) is 10.7 Å². The average Bonchev–Trinajstić information content (AvgIpc) is 2.74. The highest BCUT2D eigenvalue weighted by molar-refractivity contribution is 5.51. The van der Waals surface area contributed by atoms with E-state index in [1.165, 1.54) is 0 Å². The van der Waals surface area contributed by atoms with E-state index in [0.717, 1.165) is 17.2 Å². The van der Waals surface area contributed by atoms with Gasteiger partial charge in [-0.15, -0.1) is 5.10 Å². The van der Waals surface area contributed by atoms with Gasteiger partial charge in [-0.2, -0.15) is 4.98 Å². The van der Waals surface area contributed by atoms with E-state index in [4.69, 9.17) is 0 Å². The van der Waals surface area contributed by atoms with Gasteiger partial charge in [-0.25, -0.2) is 9.50 Å². The van der Waals surface area contributed by atoms with Gasteiger partial charge in [0, 0.05) is 11.9 Å². The third-order valence-corrected chi connectivity index (χ3v) is 2.45. The van der Waals surface area contributed by atoms with Crippen LogP contribution in [-0.4, -0.2) is 19.6 Å². The van der Waals surface area contributed by atoms with Crippen LogP contribution >= 0.6 is 0 Å². The van der Waals surface area contributed by atoms with Gasteiger partial charge < -0.3 is 5.32 Å². The van der Waals surface area contributed by atoms with Crippen LogP contribution in [0.2, 0.25) is 0 Å². The van der Waals surface area contributed by atoms with Crippen LogP contribution in [0.25, 0.3) is 5.65 Å². The molecule has 0 fully saturated rings. The third-order valence-electron chi connectivity index (χ3n) is 2.45. The number of hydrogen-bond donors (Lipinski definition) is 1. The molecule has 0 saturated heterocycles. The predicted molar refractivity (Wildman–Crippen MR) is 65.2 cm³/mol. The van der Waals surface area contributed by atoms with Crippen molar-refractivity contribution in [2.45, 2.75) is 6.92 Å². The summed E-state index contributed by atoms with van der Waals surface area (Å²) in [6.07, 6.45) is 1.73. The van der Waals surface area contributed by atoms with Crippen molar-refractivity contribution in [1.82, 2.24) is 19.6 Å². The Bertz CT molecular complexity index is 644. The lowest BCUT2D eigenvalue weighted by atomic mass is 10.4. The maximum absolute atomic E-state index is 4.37. The standard InChI is InChI=1S/C12H11N5/c1-9-5-4-7-11-15-12(16-17(9)11)14-10-6-2-3-8-13-10/h2-8H,1H3,(H,13,14,16). The van der Waals surface area contributed by atoms with Crippen molar-refractivity contribution in [2.75, 3.05) is 5.32 Å². The first kappa shape index (κ1) is 9.77. The van der Waals surface area contributed by atoms with E-state index in [9.17, 15) is 0 Å². The molecule has 0 aliphatic heterocycles. The summed E-state index contributed by atoms with van der Waals surface area (Å²) in [6.45, 7) is 1.99. The van der Waals surface area contributed by atoms with Gasteiger partial charge in [0.05, 0.1) is 0 Å². The quantitative estimate of drug-likeness (QED) is 0.726.